The lowest BCUT2D eigenvalue weighted by molar-refractivity contribution is 0.415. The van der Waals surface area contributed by atoms with Gasteiger partial charge in [-0.05, 0) is 37.4 Å². The number of benzene rings is 1. The molecule has 0 saturated heterocycles. The molecule has 1 aromatic carbocycles. The van der Waals surface area contributed by atoms with Crippen LogP contribution >= 0.6 is 0 Å². The number of nitrogens with one attached hydrogen (secondary N) is 1. The Balaban J connectivity index is 2.23. The second-order valence-electron chi connectivity index (χ2n) is 4.23. The third kappa shape index (κ3) is 2.71. The van der Waals surface area contributed by atoms with E-state index in [1.54, 1.807) is 7.11 Å². The summed E-state index contributed by atoms with van der Waals surface area (Å²) >= 11 is 0. The molecule has 0 amide bonds. The molecule has 0 aliphatic rings. The minimum absolute atomic E-state index is 0.872. The molecule has 0 unspecified atom stereocenters. The number of hydrogen-bond acceptors (Lipinski definition) is 3. The first kappa shape index (κ1) is 12.6. The lowest BCUT2D eigenvalue weighted by atomic mass is 10.1. The van der Waals surface area contributed by atoms with E-state index in [1.807, 2.05) is 30.9 Å². The molecule has 4 heteroatoms. The monoisotopic (exact) mass is 245 g/mol. The Kier molecular flexibility index (Phi) is 3.99. The van der Waals surface area contributed by atoms with Gasteiger partial charge < -0.3 is 10.1 Å². The Hall–Kier alpha value is -1.81. The Morgan fingerprint density at radius 3 is 2.61 bits per heavy atom. The normalized spacial score (nSPS) is 10.6. The molecule has 2 rings (SSSR count). The first-order chi connectivity index (χ1) is 8.74. The van der Waals surface area contributed by atoms with Crippen LogP contribution < -0.4 is 10.1 Å². The minimum atomic E-state index is 0.872. The van der Waals surface area contributed by atoms with Gasteiger partial charge in [-0.1, -0.05) is 0 Å². The summed E-state index contributed by atoms with van der Waals surface area (Å²) < 4.78 is 7.09. The maximum atomic E-state index is 5.16. The Labute approximate surface area is 108 Å². The van der Waals surface area contributed by atoms with Gasteiger partial charge in [0.1, 0.15) is 5.75 Å². The van der Waals surface area contributed by atoms with Crippen LogP contribution in [0, 0.1) is 0 Å². The first-order valence-electron chi connectivity index (χ1n) is 6.06. The van der Waals surface area contributed by atoms with E-state index in [9.17, 15) is 0 Å². The Bertz CT molecular complexity index is 502. The highest BCUT2D eigenvalue weighted by molar-refractivity contribution is 5.61. The number of ether oxygens (including phenoxy) is 1. The van der Waals surface area contributed by atoms with Crippen molar-refractivity contribution in [3.8, 4) is 17.0 Å². The van der Waals surface area contributed by atoms with Crippen molar-refractivity contribution >= 4 is 0 Å². The third-order valence-corrected chi connectivity index (χ3v) is 2.95. The van der Waals surface area contributed by atoms with Gasteiger partial charge in [0.15, 0.2) is 0 Å². The first-order valence-corrected chi connectivity index (χ1v) is 6.06. The lowest BCUT2D eigenvalue weighted by Gasteiger charge is -2.03. The van der Waals surface area contributed by atoms with E-state index in [0.29, 0.717) is 0 Å². The molecular weight excluding hydrogens is 226 g/mol. The van der Waals surface area contributed by atoms with E-state index >= 15 is 0 Å². The smallest absolute Gasteiger partial charge is 0.118 e. The van der Waals surface area contributed by atoms with Crippen molar-refractivity contribution in [2.24, 2.45) is 7.05 Å². The molecule has 1 aromatic heterocycles. The second kappa shape index (κ2) is 5.69. The summed E-state index contributed by atoms with van der Waals surface area (Å²) in [5.41, 5.74) is 3.39. The Morgan fingerprint density at radius 1 is 1.28 bits per heavy atom. The predicted molar refractivity (Wildman–Crippen MR) is 72.8 cm³/mol. The van der Waals surface area contributed by atoms with Crippen LogP contribution in [0.4, 0.5) is 0 Å². The molecule has 0 spiro atoms. The van der Waals surface area contributed by atoms with Crippen molar-refractivity contribution < 1.29 is 4.74 Å². The molecule has 96 valence electrons. The fourth-order valence-corrected chi connectivity index (χ4v) is 1.93. The molecule has 0 aliphatic heterocycles. The van der Waals surface area contributed by atoms with Crippen LogP contribution in [0.25, 0.3) is 11.3 Å². The van der Waals surface area contributed by atoms with Crippen molar-refractivity contribution in [1.82, 2.24) is 15.1 Å². The van der Waals surface area contributed by atoms with Gasteiger partial charge in [0.25, 0.3) is 0 Å². The van der Waals surface area contributed by atoms with Crippen LogP contribution in [-0.2, 0) is 13.5 Å². The maximum absolute atomic E-state index is 5.16. The highest BCUT2D eigenvalue weighted by atomic mass is 16.5. The molecule has 2 aromatic rings. The number of aromatic nitrogens is 2. The standard InChI is InChI=1S/C14H19N3O/c1-15-9-8-12-10-14(17(2)16-12)11-4-6-13(18-3)7-5-11/h4-7,10,15H,8-9H2,1-3H3. The molecule has 18 heavy (non-hydrogen) atoms. The fourth-order valence-electron chi connectivity index (χ4n) is 1.93. The van der Waals surface area contributed by atoms with Gasteiger partial charge in [-0.25, -0.2) is 0 Å². The molecule has 0 atom stereocenters. The highest BCUT2D eigenvalue weighted by Crippen LogP contribution is 2.22. The summed E-state index contributed by atoms with van der Waals surface area (Å²) in [5.74, 6) is 0.872. The van der Waals surface area contributed by atoms with Crippen LogP contribution in [0.5, 0.6) is 5.75 Å². The number of aryl methyl sites for hydroxylation is 1. The number of nitrogens with zero attached hydrogens (tertiary/aromatic N) is 2. The number of hydrogen-bond donors (Lipinski definition) is 1. The van der Waals surface area contributed by atoms with Crippen LogP contribution in [-0.4, -0.2) is 30.5 Å². The van der Waals surface area contributed by atoms with E-state index in [0.717, 1.165) is 35.7 Å². The predicted octanol–water partition coefficient (Wildman–Crippen LogP) is 1.86. The SMILES string of the molecule is CNCCc1cc(-c2ccc(OC)cc2)n(C)n1. The van der Waals surface area contributed by atoms with Gasteiger partial charge in [-0.3, -0.25) is 4.68 Å². The van der Waals surface area contributed by atoms with Crippen LogP contribution in [0.1, 0.15) is 5.69 Å². The average molecular weight is 245 g/mol. The molecule has 0 aliphatic carbocycles. The lowest BCUT2D eigenvalue weighted by Crippen LogP contribution is -2.10. The van der Waals surface area contributed by atoms with Gasteiger partial charge in [0.05, 0.1) is 18.5 Å². The van der Waals surface area contributed by atoms with E-state index in [1.165, 1.54) is 0 Å². The van der Waals surface area contributed by atoms with E-state index in [2.05, 4.69) is 28.6 Å². The van der Waals surface area contributed by atoms with Crippen molar-refractivity contribution in [3.63, 3.8) is 0 Å². The zero-order valence-electron chi connectivity index (χ0n) is 11.1. The molecule has 0 saturated carbocycles. The van der Waals surface area contributed by atoms with Crippen molar-refractivity contribution in [2.45, 2.75) is 6.42 Å². The molecule has 0 radical (unpaired) electrons. The van der Waals surface area contributed by atoms with Crippen LogP contribution in [0.15, 0.2) is 30.3 Å². The van der Waals surface area contributed by atoms with Gasteiger partial charge in [0.2, 0.25) is 0 Å². The van der Waals surface area contributed by atoms with Crippen LogP contribution in [0.3, 0.4) is 0 Å². The maximum Gasteiger partial charge on any atom is 0.118 e. The fraction of sp³-hybridized carbons (Fsp3) is 0.357. The second-order valence-corrected chi connectivity index (χ2v) is 4.23. The summed E-state index contributed by atoms with van der Waals surface area (Å²) in [6.45, 7) is 0.944. The van der Waals surface area contributed by atoms with Crippen molar-refractivity contribution in [3.05, 3.63) is 36.0 Å². The van der Waals surface area contributed by atoms with Gasteiger partial charge >= 0.3 is 0 Å². The zero-order chi connectivity index (χ0) is 13.0. The average Bonchev–Trinajstić information content (AvgIpc) is 2.78. The Morgan fingerprint density at radius 2 is 2.00 bits per heavy atom. The summed E-state index contributed by atoms with van der Waals surface area (Å²) in [7, 11) is 5.60. The molecule has 4 nitrogen and oxygen atoms in total. The van der Waals surface area contributed by atoms with E-state index in [4.69, 9.17) is 4.74 Å². The van der Waals surface area contributed by atoms with Gasteiger partial charge in [-0.15, -0.1) is 0 Å². The summed E-state index contributed by atoms with van der Waals surface area (Å²) in [5, 5.41) is 7.65. The van der Waals surface area contributed by atoms with E-state index < -0.39 is 0 Å². The number of rotatable bonds is 5. The van der Waals surface area contributed by atoms with Gasteiger partial charge in [0, 0.05) is 25.6 Å². The summed E-state index contributed by atoms with van der Waals surface area (Å²) in [6.07, 6.45) is 0.945. The summed E-state index contributed by atoms with van der Waals surface area (Å²) in [6, 6.07) is 10.2. The summed E-state index contributed by atoms with van der Waals surface area (Å²) in [4.78, 5) is 0. The molecule has 0 bridgehead atoms. The van der Waals surface area contributed by atoms with Crippen LogP contribution in [0.2, 0.25) is 0 Å². The van der Waals surface area contributed by atoms with E-state index in [-0.39, 0.29) is 0 Å². The highest BCUT2D eigenvalue weighted by Gasteiger charge is 2.07. The van der Waals surface area contributed by atoms with Gasteiger partial charge in [-0.2, -0.15) is 5.10 Å². The molecule has 1 N–H and O–H groups in total. The molecule has 1 heterocycles. The number of likely N-dealkylation sites (N-methyl/N-ethyl adjacent to an activating group) is 1. The topological polar surface area (TPSA) is 39.1 Å². The molecule has 0 fully saturated rings. The minimum Gasteiger partial charge on any atom is -0.497 e. The third-order valence-electron chi connectivity index (χ3n) is 2.95. The number of methoxy groups -OCH3 is 1. The van der Waals surface area contributed by atoms with Crippen molar-refractivity contribution in [1.29, 1.82) is 0 Å². The molecular formula is C14H19N3O. The quantitative estimate of drug-likeness (QED) is 0.874. The van der Waals surface area contributed by atoms with Crippen molar-refractivity contribution in [2.75, 3.05) is 20.7 Å². The zero-order valence-corrected chi connectivity index (χ0v) is 11.1. The largest absolute Gasteiger partial charge is 0.497 e.